The average Bonchev–Trinajstić information content (AvgIpc) is 2.59. The predicted molar refractivity (Wildman–Crippen MR) is 88.6 cm³/mol. The van der Waals surface area contributed by atoms with Crippen LogP contribution in [0.4, 0.5) is 13.2 Å². The summed E-state index contributed by atoms with van der Waals surface area (Å²) in [6.07, 6.45) is 0.828. The number of carbonyl (C=O) groups excluding carboxylic acids is 1. The van der Waals surface area contributed by atoms with Gasteiger partial charge < -0.3 is 5.32 Å². The molecule has 1 aromatic carbocycles. The standard InChI is InChI=1S/C19H23F3N2O/c1-13(15-8-5-9-16(11-15)19(20,21)22)10-18(25)24-17(12-23)14-6-3-2-4-7-14/h5,8-9,11,13-14,17H,2-4,6-7,10H2,1H3,(H,24,25)/t13-,17+/m0/s1. The SMILES string of the molecule is C[C@@H](CC(=O)N[C@H](C#N)C1CCCCC1)c1cccc(C(F)(F)F)c1. The summed E-state index contributed by atoms with van der Waals surface area (Å²) in [6.45, 7) is 1.72. The molecule has 2 atom stereocenters. The molecular weight excluding hydrogens is 329 g/mol. The fourth-order valence-corrected chi connectivity index (χ4v) is 3.37. The molecule has 1 aliphatic carbocycles. The van der Waals surface area contributed by atoms with Crippen molar-refractivity contribution in [2.24, 2.45) is 5.92 Å². The zero-order valence-electron chi connectivity index (χ0n) is 14.3. The molecule has 1 fully saturated rings. The number of halogens is 3. The van der Waals surface area contributed by atoms with E-state index in [-0.39, 0.29) is 24.2 Å². The molecule has 0 saturated heterocycles. The number of hydrogen-bond donors (Lipinski definition) is 1. The van der Waals surface area contributed by atoms with Crippen molar-refractivity contribution in [3.8, 4) is 6.07 Å². The fourth-order valence-electron chi connectivity index (χ4n) is 3.37. The third-order valence-electron chi connectivity index (χ3n) is 4.85. The summed E-state index contributed by atoms with van der Waals surface area (Å²) < 4.78 is 38.4. The molecule has 0 aromatic heterocycles. The number of nitrogens with zero attached hydrogens (tertiary/aromatic N) is 1. The van der Waals surface area contributed by atoms with Crippen LogP contribution in [0.3, 0.4) is 0 Å². The number of carbonyl (C=O) groups is 1. The molecular formula is C19H23F3N2O. The van der Waals surface area contributed by atoms with Crippen LogP contribution < -0.4 is 5.32 Å². The Kier molecular flexibility index (Phi) is 6.46. The van der Waals surface area contributed by atoms with Crippen molar-refractivity contribution in [1.29, 1.82) is 5.26 Å². The third kappa shape index (κ3) is 5.48. The fraction of sp³-hybridized carbons (Fsp3) is 0.579. The smallest absolute Gasteiger partial charge is 0.340 e. The van der Waals surface area contributed by atoms with Gasteiger partial charge in [0.2, 0.25) is 5.91 Å². The maximum atomic E-state index is 12.8. The molecule has 0 heterocycles. The third-order valence-corrected chi connectivity index (χ3v) is 4.85. The van der Waals surface area contributed by atoms with Crippen LogP contribution in [0, 0.1) is 17.2 Å². The Morgan fingerprint density at radius 2 is 2.00 bits per heavy atom. The summed E-state index contributed by atoms with van der Waals surface area (Å²) in [4.78, 5) is 12.2. The molecule has 1 aromatic rings. The number of amides is 1. The number of nitrogens with one attached hydrogen (secondary N) is 1. The van der Waals surface area contributed by atoms with Crippen LogP contribution in [0.2, 0.25) is 0 Å². The summed E-state index contributed by atoms with van der Waals surface area (Å²) in [5, 5.41) is 12.1. The van der Waals surface area contributed by atoms with Gasteiger partial charge in [-0.2, -0.15) is 18.4 Å². The normalized spacial score (nSPS) is 18.2. The second-order valence-electron chi connectivity index (χ2n) is 6.80. The summed E-state index contributed by atoms with van der Waals surface area (Å²) in [5.41, 5.74) is -0.245. The minimum atomic E-state index is -4.40. The highest BCUT2D eigenvalue weighted by Crippen LogP contribution is 2.32. The van der Waals surface area contributed by atoms with E-state index >= 15 is 0 Å². The number of hydrogen-bond acceptors (Lipinski definition) is 2. The van der Waals surface area contributed by atoms with E-state index in [4.69, 9.17) is 0 Å². The zero-order chi connectivity index (χ0) is 18.4. The minimum Gasteiger partial charge on any atom is -0.340 e. The first-order valence-electron chi connectivity index (χ1n) is 8.67. The van der Waals surface area contributed by atoms with E-state index in [1.165, 1.54) is 6.07 Å². The molecule has 3 nitrogen and oxygen atoms in total. The van der Waals surface area contributed by atoms with Crippen molar-refractivity contribution >= 4 is 5.91 Å². The van der Waals surface area contributed by atoms with E-state index in [2.05, 4.69) is 11.4 Å². The molecule has 2 rings (SSSR count). The van der Waals surface area contributed by atoms with E-state index < -0.39 is 17.8 Å². The Morgan fingerprint density at radius 1 is 1.32 bits per heavy atom. The van der Waals surface area contributed by atoms with Gasteiger partial charge in [-0.3, -0.25) is 4.79 Å². The molecule has 0 bridgehead atoms. The second kappa shape index (κ2) is 8.37. The average molecular weight is 352 g/mol. The van der Waals surface area contributed by atoms with Gasteiger partial charge in [0, 0.05) is 6.42 Å². The van der Waals surface area contributed by atoms with E-state index in [1.807, 2.05) is 0 Å². The van der Waals surface area contributed by atoms with Crippen molar-refractivity contribution in [3.05, 3.63) is 35.4 Å². The Labute approximate surface area is 146 Å². The number of benzene rings is 1. The highest BCUT2D eigenvalue weighted by molar-refractivity contribution is 5.77. The minimum absolute atomic E-state index is 0.0617. The van der Waals surface area contributed by atoms with Gasteiger partial charge in [0.15, 0.2) is 0 Å². The molecule has 0 aliphatic heterocycles. The Morgan fingerprint density at radius 3 is 2.60 bits per heavy atom. The van der Waals surface area contributed by atoms with Gasteiger partial charge in [-0.25, -0.2) is 0 Å². The number of nitriles is 1. The Balaban J connectivity index is 1.96. The highest BCUT2D eigenvalue weighted by atomic mass is 19.4. The molecule has 0 spiro atoms. The predicted octanol–water partition coefficient (Wildman–Crippen LogP) is 4.79. The van der Waals surface area contributed by atoms with Crippen molar-refractivity contribution in [3.63, 3.8) is 0 Å². The lowest BCUT2D eigenvalue weighted by Gasteiger charge is -2.26. The lowest BCUT2D eigenvalue weighted by molar-refractivity contribution is -0.137. The van der Waals surface area contributed by atoms with Gasteiger partial charge in [-0.05, 0) is 36.3 Å². The van der Waals surface area contributed by atoms with Crippen molar-refractivity contribution in [1.82, 2.24) is 5.32 Å². The van der Waals surface area contributed by atoms with Crippen LogP contribution in [-0.4, -0.2) is 11.9 Å². The Hall–Kier alpha value is -2.03. The molecule has 25 heavy (non-hydrogen) atoms. The van der Waals surface area contributed by atoms with Crippen molar-refractivity contribution < 1.29 is 18.0 Å². The van der Waals surface area contributed by atoms with Gasteiger partial charge in [-0.1, -0.05) is 44.4 Å². The number of alkyl halides is 3. The van der Waals surface area contributed by atoms with Crippen LogP contribution >= 0.6 is 0 Å². The summed E-state index contributed by atoms with van der Waals surface area (Å²) in [6, 6.07) is 6.70. The van der Waals surface area contributed by atoms with Gasteiger partial charge >= 0.3 is 6.18 Å². The highest BCUT2D eigenvalue weighted by Gasteiger charge is 2.31. The largest absolute Gasteiger partial charge is 0.416 e. The van der Waals surface area contributed by atoms with Gasteiger partial charge in [0.1, 0.15) is 6.04 Å². The maximum absolute atomic E-state index is 12.8. The van der Waals surface area contributed by atoms with E-state index in [9.17, 15) is 23.2 Å². The van der Waals surface area contributed by atoms with Crippen LogP contribution in [-0.2, 0) is 11.0 Å². The zero-order valence-corrected chi connectivity index (χ0v) is 14.3. The van der Waals surface area contributed by atoms with E-state index in [1.54, 1.807) is 13.0 Å². The van der Waals surface area contributed by atoms with Crippen LogP contribution in [0.15, 0.2) is 24.3 Å². The van der Waals surface area contributed by atoms with Gasteiger partial charge in [0.25, 0.3) is 0 Å². The van der Waals surface area contributed by atoms with Gasteiger partial charge in [-0.15, -0.1) is 0 Å². The molecule has 1 N–H and O–H groups in total. The first-order chi connectivity index (χ1) is 11.8. The monoisotopic (exact) mass is 352 g/mol. The van der Waals surface area contributed by atoms with Crippen molar-refractivity contribution in [2.45, 2.75) is 63.6 Å². The molecule has 0 radical (unpaired) electrons. The van der Waals surface area contributed by atoms with E-state index in [0.29, 0.717) is 5.56 Å². The molecule has 6 heteroatoms. The summed E-state index contributed by atoms with van der Waals surface area (Å²) in [5.74, 6) is -0.471. The Bertz CT molecular complexity index is 630. The van der Waals surface area contributed by atoms with Crippen LogP contribution in [0.5, 0.6) is 0 Å². The second-order valence-corrected chi connectivity index (χ2v) is 6.80. The van der Waals surface area contributed by atoms with Crippen molar-refractivity contribution in [2.75, 3.05) is 0 Å². The topological polar surface area (TPSA) is 52.9 Å². The number of rotatable bonds is 5. The maximum Gasteiger partial charge on any atom is 0.416 e. The molecule has 1 amide bonds. The van der Waals surface area contributed by atoms with Gasteiger partial charge in [0.05, 0.1) is 11.6 Å². The van der Waals surface area contributed by atoms with Crippen LogP contribution in [0.1, 0.15) is 62.5 Å². The molecule has 1 saturated carbocycles. The first-order valence-corrected chi connectivity index (χ1v) is 8.67. The lowest BCUT2D eigenvalue weighted by Crippen LogP contribution is -2.40. The summed E-state index contributed by atoms with van der Waals surface area (Å²) >= 11 is 0. The molecule has 1 aliphatic rings. The lowest BCUT2D eigenvalue weighted by atomic mass is 9.84. The quantitative estimate of drug-likeness (QED) is 0.828. The first kappa shape index (κ1) is 19.3. The molecule has 136 valence electrons. The molecule has 0 unspecified atom stereocenters. The van der Waals surface area contributed by atoms with Crippen LogP contribution in [0.25, 0.3) is 0 Å². The van der Waals surface area contributed by atoms with E-state index in [0.717, 1.165) is 44.2 Å². The summed E-state index contributed by atoms with van der Waals surface area (Å²) in [7, 11) is 0.